The normalized spacial score (nSPS) is 29.5. The molecule has 0 aromatic carbocycles. The Morgan fingerprint density at radius 3 is 1.41 bits per heavy atom. The van der Waals surface area contributed by atoms with Crippen molar-refractivity contribution < 1.29 is 0 Å². The minimum absolute atomic E-state index is 0.429. The van der Waals surface area contributed by atoms with Crippen molar-refractivity contribution in [2.24, 2.45) is 0 Å². The van der Waals surface area contributed by atoms with Crippen LogP contribution in [0.1, 0.15) is 70.6 Å². The fourth-order valence-electron chi connectivity index (χ4n) is 4.34. The molecule has 1 aliphatic heterocycles. The fraction of sp³-hybridized carbons (Fsp3) is 1.00. The lowest BCUT2D eigenvalue weighted by Crippen LogP contribution is -2.55. The van der Waals surface area contributed by atoms with Crippen molar-refractivity contribution in [1.82, 2.24) is 4.57 Å². The van der Waals surface area contributed by atoms with E-state index in [0.717, 1.165) is 12.1 Å². The summed E-state index contributed by atoms with van der Waals surface area (Å²) in [5.41, 5.74) is 0. The smallest absolute Gasteiger partial charge is 0.112 e. The van der Waals surface area contributed by atoms with Crippen LogP contribution in [0.15, 0.2) is 0 Å². The third-order valence-electron chi connectivity index (χ3n) is 5.49. The number of rotatable bonds is 3. The van der Waals surface area contributed by atoms with Crippen LogP contribution in [0.3, 0.4) is 0 Å². The maximum absolute atomic E-state index is 3.17. The van der Waals surface area contributed by atoms with Gasteiger partial charge in [0.15, 0.2) is 0 Å². The first-order chi connectivity index (χ1) is 8.45. The zero-order valence-corrected chi connectivity index (χ0v) is 12.5. The van der Waals surface area contributed by atoms with Gasteiger partial charge in [0.05, 0.1) is 0 Å². The molecule has 0 aromatic rings. The molecule has 2 saturated carbocycles. The predicted molar refractivity (Wildman–Crippen MR) is 77.0 cm³/mol. The van der Waals surface area contributed by atoms with Crippen LogP contribution in [0, 0.1) is 0 Å². The van der Waals surface area contributed by atoms with Gasteiger partial charge in [-0.25, -0.2) is 0 Å². The second kappa shape index (κ2) is 5.88. The second-order valence-corrected chi connectivity index (χ2v) is 9.67. The van der Waals surface area contributed by atoms with Gasteiger partial charge in [0.1, 0.15) is 8.96 Å². The molecule has 0 spiro atoms. The molecule has 1 nitrogen and oxygen atoms in total. The third kappa shape index (κ3) is 2.78. The Labute approximate surface area is 109 Å². The molecule has 3 rings (SSSR count). The zero-order chi connectivity index (χ0) is 11.5. The molecule has 17 heavy (non-hydrogen) atoms. The lowest BCUT2D eigenvalue weighted by Gasteiger charge is -2.49. The largest absolute Gasteiger partial charge is 0.321 e. The van der Waals surface area contributed by atoms with Crippen molar-refractivity contribution in [1.29, 1.82) is 0 Å². The molecule has 3 fully saturated rings. The summed E-state index contributed by atoms with van der Waals surface area (Å²) in [4.78, 5) is 0. The Morgan fingerprint density at radius 2 is 1.06 bits per heavy atom. The van der Waals surface area contributed by atoms with Crippen LogP contribution in [0.4, 0.5) is 0 Å². The van der Waals surface area contributed by atoms with Gasteiger partial charge >= 0.3 is 0 Å². The highest BCUT2D eigenvalue weighted by molar-refractivity contribution is 6.58. The Bertz CT molecular complexity index is 209. The molecule has 1 saturated heterocycles. The van der Waals surface area contributed by atoms with Crippen LogP contribution in [-0.2, 0) is 0 Å². The van der Waals surface area contributed by atoms with E-state index in [1.807, 2.05) is 0 Å². The summed E-state index contributed by atoms with van der Waals surface area (Å²) >= 11 is 0. The minimum atomic E-state index is -0.429. The average molecular weight is 251 g/mol. The monoisotopic (exact) mass is 251 g/mol. The summed E-state index contributed by atoms with van der Waals surface area (Å²) in [6.07, 6.45) is 16.9. The molecule has 0 atom stereocenters. The first-order valence-corrected chi connectivity index (χ1v) is 10.4. The first kappa shape index (κ1) is 12.2. The Morgan fingerprint density at radius 1 is 0.588 bits per heavy atom. The van der Waals surface area contributed by atoms with E-state index in [1.165, 1.54) is 38.5 Å². The van der Waals surface area contributed by atoms with Crippen molar-refractivity contribution in [2.45, 2.75) is 94.8 Å². The van der Waals surface area contributed by atoms with Crippen LogP contribution in [0.2, 0.25) is 12.1 Å². The highest BCUT2D eigenvalue weighted by Crippen LogP contribution is 2.36. The molecule has 0 N–H and O–H groups in total. The number of nitrogens with zero attached hydrogens (tertiary/aromatic N) is 1. The molecular weight excluding hydrogens is 222 g/mol. The summed E-state index contributed by atoms with van der Waals surface area (Å²) < 4.78 is 3.17. The standard InChI is InChI=1S/C15H29NSi/c1-3-8-14(9-4-1)16(17-12-7-13-17)15-10-5-2-6-11-15/h14-15,17H,1-13H2. The molecule has 3 aliphatic rings. The molecule has 0 amide bonds. The van der Waals surface area contributed by atoms with Gasteiger partial charge in [-0.05, 0) is 37.8 Å². The SMILES string of the molecule is C1CCC(N(C2CCCCC2)[SiH]2CCC2)CC1. The highest BCUT2D eigenvalue weighted by Gasteiger charge is 2.37. The highest BCUT2D eigenvalue weighted by atomic mass is 28.3. The van der Waals surface area contributed by atoms with Gasteiger partial charge in [0.2, 0.25) is 0 Å². The molecule has 2 heteroatoms. The Kier molecular flexibility index (Phi) is 4.23. The van der Waals surface area contributed by atoms with E-state index >= 15 is 0 Å². The molecule has 0 aromatic heterocycles. The second-order valence-electron chi connectivity index (χ2n) is 6.62. The maximum atomic E-state index is 3.17. The fourth-order valence-corrected chi connectivity index (χ4v) is 7.50. The summed E-state index contributed by atoms with van der Waals surface area (Å²) in [6.45, 7) is 0. The van der Waals surface area contributed by atoms with E-state index in [9.17, 15) is 0 Å². The van der Waals surface area contributed by atoms with Crippen molar-refractivity contribution in [2.75, 3.05) is 0 Å². The van der Waals surface area contributed by atoms with E-state index in [-0.39, 0.29) is 0 Å². The van der Waals surface area contributed by atoms with Crippen molar-refractivity contribution in [3.8, 4) is 0 Å². The van der Waals surface area contributed by atoms with Crippen molar-refractivity contribution in [3.05, 3.63) is 0 Å². The number of hydrogen-bond donors (Lipinski definition) is 0. The van der Waals surface area contributed by atoms with Gasteiger partial charge in [0.25, 0.3) is 0 Å². The molecule has 98 valence electrons. The quantitative estimate of drug-likeness (QED) is 0.683. The minimum Gasteiger partial charge on any atom is -0.321 e. The first-order valence-electron chi connectivity index (χ1n) is 8.22. The van der Waals surface area contributed by atoms with E-state index in [4.69, 9.17) is 0 Å². The molecule has 2 aliphatic carbocycles. The van der Waals surface area contributed by atoms with Gasteiger partial charge in [0, 0.05) is 12.1 Å². The summed E-state index contributed by atoms with van der Waals surface area (Å²) in [5, 5.41) is 0. The Hall–Kier alpha value is 0.177. The van der Waals surface area contributed by atoms with E-state index in [1.54, 1.807) is 44.2 Å². The molecule has 0 unspecified atom stereocenters. The molecular formula is C15H29NSi. The van der Waals surface area contributed by atoms with Crippen LogP contribution in [-0.4, -0.2) is 25.6 Å². The van der Waals surface area contributed by atoms with Crippen molar-refractivity contribution >= 4 is 8.96 Å². The lowest BCUT2D eigenvalue weighted by atomic mass is 9.91. The van der Waals surface area contributed by atoms with Crippen LogP contribution >= 0.6 is 0 Å². The summed E-state index contributed by atoms with van der Waals surface area (Å²) in [6, 6.07) is 5.35. The maximum Gasteiger partial charge on any atom is 0.112 e. The predicted octanol–water partition coefficient (Wildman–Crippen LogP) is 4.08. The average Bonchev–Trinajstić information content (AvgIpc) is 2.36. The Balaban J connectivity index is 1.66. The van der Waals surface area contributed by atoms with Gasteiger partial charge in [-0.2, -0.15) is 0 Å². The van der Waals surface area contributed by atoms with Crippen LogP contribution < -0.4 is 0 Å². The van der Waals surface area contributed by atoms with E-state index in [2.05, 4.69) is 4.57 Å². The van der Waals surface area contributed by atoms with Crippen LogP contribution in [0.5, 0.6) is 0 Å². The van der Waals surface area contributed by atoms with Gasteiger partial charge < -0.3 is 4.57 Å². The van der Waals surface area contributed by atoms with Crippen molar-refractivity contribution in [3.63, 3.8) is 0 Å². The molecule has 1 heterocycles. The van der Waals surface area contributed by atoms with Gasteiger partial charge in [-0.1, -0.05) is 44.9 Å². The zero-order valence-electron chi connectivity index (χ0n) is 11.4. The van der Waals surface area contributed by atoms with E-state index in [0.29, 0.717) is 0 Å². The van der Waals surface area contributed by atoms with E-state index < -0.39 is 8.96 Å². The summed E-state index contributed by atoms with van der Waals surface area (Å²) in [5.74, 6) is 0. The summed E-state index contributed by atoms with van der Waals surface area (Å²) in [7, 11) is -0.429. The van der Waals surface area contributed by atoms with Gasteiger partial charge in [-0.15, -0.1) is 0 Å². The third-order valence-corrected chi connectivity index (χ3v) is 9.32. The molecule has 0 radical (unpaired) electrons. The number of hydrogen-bond acceptors (Lipinski definition) is 1. The van der Waals surface area contributed by atoms with Gasteiger partial charge in [-0.3, -0.25) is 0 Å². The lowest BCUT2D eigenvalue weighted by molar-refractivity contribution is 0.160. The topological polar surface area (TPSA) is 3.24 Å². The molecule has 0 bridgehead atoms. The van der Waals surface area contributed by atoms with Crippen LogP contribution in [0.25, 0.3) is 0 Å².